The smallest absolute Gasteiger partial charge is 0.140 e. The van der Waals surface area contributed by atoms with Crippen LogP contribution in [0, 0.1) is 12.7 Å². The average molecular weight is 307 g/mol. The zero-order chi connectivity index (χ0) is 13.1. The van der Waals surface area contributed by atoms with Gasteiger partial charge in [0, 0.05) is 0 Å². The molecule has 0 nitrogen and oxygen atoms in total. The van der Waals surface area contributed by atoms with Crippen LogP contribution < -0.4 is 0 Å². The van der Waals surface area contributed by atoms with Gasteiger partial charge < -0.3 is 0 Å². The van der Waals surface area contributed by atoms with E-state index in [1.165, 1.54) is 5.56 Å². The van der Waals surface area contributed by atoms with Crippen molar-refractivity contribution in [2.45, 2.75) is 26.7 Å². The molecule has 0 aliphatic carbocycles. The summed E-state index contributed by atoms with van der Waals surface area (Å²) < 4.78 is 14.3. The SMILES string of the molecule is CCCc1ccc(-c2ccc(Br)c(F)c2C)cc1. The molecule has 94 valence electrons. The first-order valence-electron chi connectivity index (χ1n) is 6.17. The molecule has 0 N–H and O–H groups in total. The highest BCUT2D eigenvalue weighted by molar-refractivity contribution is 9.10. The molecule has 0 heterocycles. The topological polar surface area (TPSA) is 0 Å². The number of hydrogen-bond donors (Lipinski definition) is 0. The van der Waals surface area contributed by atoms with Gasteiger partial charge in [-0.25, -0.2) is 4.39 Å². The highest BCUT2D eigenvalue weighted by Gasteiger charge is 2.09. The van der Waals surface area contributed by atoms with Crippen LogP contribution in [0.5, 0.6) is 0 Å². The molecule has 0 bridgehead atoms. The van der Waals surface area contributed by atoms with Crippen LogP contribution in [0.2, 0.25) is 0 Å². The Kier molecular flexibility index (Phi) is 4.18. The fourth-order valence-corrected chi connectivity index (χ4v) is 2.53. The highest BCUT2D eigenvalue weighted by atomic mass is 79.9. The maximum absolute atomic E-state index is 13.8. The molecule has 0 atom stereocenters. The molecular weight excluding hydrogens is 291 g/mol. The van der Waals surface area contributed by atoms with Crippen LogP contribution in [0.3, 0.4) is 0 Å². The van der Waals surface area contributed by atoms with Crippen molar-refractivity contribution in [3.05, 3.63) is 57.8 Å². The van der Waals surface area contributed by atoms with Gasteiger partial charge in [-0.1, -0.05) is 43.7 Å². The molecule has 2 aromatic rings. The monoisotopic (exact) mass is 306 g/mol. The van der Waals surface area contributed by atoms with E-state index in [1.54, 1.807) is 6.07 Å². The van der Waals surface area contributed by atoms with Crippen molar-refractivity contribution in [1.82, 2.24) is 0 Å². The second-order valence-electron chi connectivity index (χ2n) is 4.48. The van der Waals surface area contributed by atoms with Gasteiger partial charge >= 0.3 is 0 Å². The summed E-state index contributed by atoms with van der Waals surface area (Å²) >= 11 is 3.21. The minimum atomic E-state index is -0.176. The fourth-order valence-electron chi connectivity index (χ4n) is 2.10. The van der Waals surface area contributed by atoms with E-state index in [1.807, 2.05) is 13.0 Å². The minimum Gasteiger partial charge on any atom is -0.205 e. The Balaban J connectivity index is 2.40. The molecule has 0 unspecified atom stereocenters. The molecule has 0 aliphatic heterocycles. The first-order chi connectivity index (χ1) is 8.63. The molecule has 2 heteroatoms. The molecule has 0 saturated carbocycles. The van der Waals surface area contributed by atoms with Crippen LogP contribution in [0.15, 0.2) is 40.9 Å². The van der Waals surface area contributed by atoms with Crippen LogP contribution in [0.1, 0.15) is 24.5 Å². The first kappa shape index (κ1) is 13.3. The molecule has 0 amide bonds. The average Bonchev–Trinajstić information content (AvgIpc) is 2.38. The molecule has 2 rings (SSSR count). The van der Waals surface area contributed by atoms with E-state index in [0.717, 1.165) is 24.0 Å². The van der Waals surface area contributed by atoms with Crippen molar-refractivity contribution >= 4 is 15.9 Å². The van der Waals surface area contributed by atoms with E-state index < -0.39 is 0 Å². The van der Waals surface area contributed by atoms with Crippen molar-refractivity contribution in [2.75, 3.05) is 0 Å². The predicted octanol–water partition coefficient (Wildman–Crippen LogP) is 5.52. The Morgan fingerprint density at radius 2 is 1.72 bits per heavy atom. The molecule has 0 aliphatic rings. The fraction of sp³-hybridized carbons (Fsp3) is 0.250. The number of rotatable bonds is 3. The second-order valence-corrected chi connectivity index (χ2v) is 5.34. The van der Waals surface area contributed by atoms with Gasteiger partial charge in [0.25, 0.3) is 0 Å². The molecular formula is C16H16BrF. The van der Waals surface area contributed by atoms with Gasteiger partial charge in [0.15, 0.2) is 0 Å². The van der Waals surface area contributed by atoms with Gasteiger partial charge in [0.1, 0.15) is 5.82 Å². The Bertz CT molecular complexity index is 544. The van der Waals surface area contributed by atoms with Gasteiger partial charge in [-0.3, -0.25) is 0 Å². The standard InChI is InChI=1S/C16H16BrF/c1-3-4-12-5-7-13(8-6-12)14-9-10-15(17)16(18)11(14)2/h5-10H,3-4H2,1-2H3. The summed E-state index contributed by atoms with van der Waals surface area (Å²) in [6.45, 7) is 3.98. The summed E-state index contributed by atoms with van der Waals surface area (Å²) in [5.41, 5.74) is 4.04. The normalized spacial score (nSPS) is 10.7. The first-order valence-corrected chi connectivity index (χ1v) is 6.96. The molecule has 0 aromatic heterocycles. The summed E-state index contributed by atoms with van der Waals surface area (Å²) in [7, 11) is 0. The molecule has 2 aromatic carbocycles. The van der Waals surface area contributed by atoms with E-state index in [0.29, 0.717) is 10.0 Å². The Morgan fingerprint density at radius 3 is 2.33 bits per heavy atom. The van der Waals surface area contributed by atoms with Crippen molar-refractivity contribution in [3.8, 4) is 11.1 Å². The minimum absolute atomic E-state index is 0.176. The van der Waals surface area contributed by atoms with Crippen LogP contribution in [-0.4, -0.2) is 0 Å². The third-order valence-electron chi connectivity index (χ3n) is 3.14. The lowest BCUT2D eigenvalue weighted by Crippen LogP contribution is -1.90. The van der Waals surface area contributed by atoms with Crippen LogP contribution in [-0.2, 0) is 6.42 Å². The number of benzene rings is 2. The Morgan fingerprint density at radius 1 is 1.06 bits per heavy atom. The van der Waals surface area contributed by atoms with Crippen LogP contribution in [0.25, 0.3) is 11.1 Å². The van der Waals surface area contributed by atoms with Crippen molar-refractivity contribution in [3.63, 3.8) is 0 Å². The Labute approximate surface area is 116 Å². The lowest BCUT2D eigenvalue weighted by Gasteiger charge is -2.09. The van der Waals surface area contributed by atoms with Crippen molar-refractivity contribution < 1.29 is 4.39 Å². The van der Waals surface area contributed by atoms with Crippen molar-refractivity contribution in [1.29, 1.82) is 0 Å². The van der Waals surface area contributed by atoms with Gasteiger partial charge in [-0.15, -0.1) is 0 Å². The van der Waals surface area contributed by atoms with Gasteiger partial charge in [-0.2, -0.15) is 0 Å². The highest BCUT2D eigenvalue weighted by Crippen LogP contribution is 2.29. The van der Waals surface area contributed by atoms with Crippen molar-refractivity contribution in [2.24, 2.45) is 0 Å². The molecule has 0 fully saturated rings. The zero-order valence-corrected chi connectivity index (χ0v) is 12.2. The van der Waals surface area contributed by atoms with E-state index >= 15 is 0 Å². The number of halogens is 2. The predicted molar refractivity (Wildman–Crippen MR) is 78.3 cm³/mol. The molecule has 0 saturated heterocycles. The maximum Gasteiger partial charge on any atom is 0.140 e. The van der Waals surface area contributed by atoms with Crippen LogP contribution >= 0.6 is 15.9 Å². The van der Waals surface area contributed by atoms with Gasteiger partial charge in [0.2, 0.25) is 0 Å². The van der Waals surface area contributed by atoms with Gasteiger partial charge in [-0.05, 0) is 57.6 Å². The van der Waals surface area contributed by atoms with Gasteiger partial charge in [0.05, 0.1) is 4.47 Å². The lowest BCUT2D eigenvalue weighted by atomic mass is 9.98. The van der Waals surface area contributed by atoms with E-state index in [-0.39, 0.29) is 5.82 Å². The summed E-state index contributed by atoms with van der Waals surface area (Å²) in [5.74, 6) is -0.176. The largest absolute Gasteiger partial charge is 0.205 e. The summed E-state index contributed by atoms with van der Waals surface area (Å²) in [4.78, 5) is 0. The lowest BCUT2D eigenvalue weighted by molar-refractivity contribution is 0.612. The maximum atomic E-state index is 13.8. The van der Waals surface area contributed by atoms with Crippen LogP contribution in [0.4, 0.5) is 4.39 Å². The summed E-state index contributed by atoms with van der Waals surface area (Å²) in [6, 6.07) is 12.1. The molecule has 0 spiro atoms. The van der Waals surface area contributed by atoms with E-state index in [9.17, 15) is 4.39 Å². The summed E-state index contributed by atoms with van der Waals surface area (Å²) in [6.07, 6.45) is 2.24. The molecule has 0 radical (unpaired) electrons. The van der Waals surface area contributed by atoms with E-state index in [4.69, 9.17) is 0 Å². The third-order valence-corrected chi connectivity index (χ3v) is 3.76. The van der Waals surface area contributed by atoms with E-state index in [2.05, 4.69) is 47.1 Å². The number of hydrogen-bond acceptors (Lipinski definition) is 0. The zero-order valence-electron chi connectivity index (χ0n) is 10.6. The quantitative estimate of drug-likeness (QED) is 0.701. The second kappa shape index (κ2) is 5.66. The molecule has 18 heavy (non-hydrogen) atoms. The summed E-state index contributed by atoms with van der Waals surface area (Å²) in [5, 5.41) is 0. The Hall–Kier alpha value is -1.15. The third kappa shape index (κ3) is 2.64. The number of aryl methyl sites for hydroxylation is 1.